The summed E-state index contributed by atoms with van der Waals surface area (Å²) in [6.07, 6.45) is 1.37. The summed E-state index contributed by atoms with van der Waals surface area (Å²) in [5.41, 5.74) is 0.278. The Kier molecular flexibility index (Phi) is 4.03. The van der Waals surface area contributed by atoms with Crippen LogP contribution in [0.3, 0.4) is 0 Å². The van der Waals surface area contributed by atoms with E-state index in [2.05, 4.69) is 6.58 Å². The number of hydrogen-bond acceptors (Lipinski definition) is 3. The molecule has 98 valence electrons. The number of carboxylic acids is 1. The zero-order valence-corrected chi connectivity index (χ0v) is 10.3. The molecule has 4 heteroatoms. The molecule has 0 amide bonds. The zero-order valence-electron chi connectivity index (χ0n) is 10.3. The van der Waals surface area contributed by atoms with Crippen molar-refractivity contribution in [2.24, 2.45) is 0 Å². The van der Waals surface area contributed by atoms with Gasteiger partial charge in [-0.05, 0) is 35.0 Å². The van der Waals surface area contributed by atoms with Crippen molar-refractivity contribution < 1.29 is 19.4 Å². The van der Waals surface area contributed by atoms with Crippen LogP contribution in [0.4, 0.5) is 0 Å². The van der Waals surface area contributed by atoms with Gasteiger partial charge in [-0.3, -0.25) is 0 Å². The molecule has 0 aliphatic heterocycles. The van der Waals surface area contributed by atoms with Gasteiger partial charge in [0.2, 0.25) is 0 Å². The molecule has 0 atom stereocenters. The smallest absolute Gasteiger partial charge is 0.335 e. The van der Waals surface area contributed by atoms with Gasteiger partial charge < -0.3 is 14.6 Å². The molecular formula is C15H14O4. The third-order valence-electron chi connectivity index (χ3n) is 2.65. The number of rotatable bonds is 6. The van der Waals surface area contributed by atoms with Crippen molar-refractivity contribution in [3.05, 3.63) is 54.8 Å². The van der Waals surface area contributed by atoms with Crippen LogP contribution in [-0.4, -0.2) is 24.3 Å². The second kappa shape index (κ2) is 5.91. The highest BCUT2D eigenvalue weighted by molar-refractivity contribution is 5.94. The first-order chi connectivity index (χ1) is 9.20. The third kappa shape index (κ3) is 3.25. The van der Waals surface area contributed by atoms with E-state index in [1.54, 1.807) is 18.2 Å². The molecule has 2 aromatic carbocycles. The molecular weight excluding hydrogens is 244 g/mol. The Labute approximate surface area is 110 Å². The van der Waals surface area contributed by atoms with Gasteiger partial charge in [-0.15, -0.1) is 0 Å². The molecule has 0 aliphatic rings. The highest BCUT2D eigenvalue weighted by atomic mass is 16.5. The standard InChI is InChI=1S/C15H14O4/c1-2-18-7-8-19-14-6-5-11-9-13(15(16)17)4-3-12(11)10-14/h2-6,9-10H,1,7-8H2,(H,16,17). The van der Waals surface area contributed by atoms with Crippen LogP contribution in [0.2, 0.25) is 0 Å². The number of benzene rings is 2. The lowest BCUT2D eigenvalue weighted by molar-refractivity contribution is 0.0697. The number of aromatic carboxylic acids is 1. The summed E-state index contributed by atoms with van der Waals surface area (Å²) in [6.45, 7) is 4.32. The largest absolute Gasteiger partial charge is 0.498 e. The maximum Gasteiger partial charge on any atom is 0.335 e. The van der Waals surface area contributed by atoms with E-state index in [1.165, 1.54) is 6.26 Å². The lowest BCUT2D eigenvalue weighted by Crippen LogP contribution is -2.03. The minimum absolute atomic E-state index is 0.278. The van der Waals surface area contributed by atoms with Gasteiger partial charge in [0.25, 0.3) is 0 Å². The highest BCUT2D eigenvalue weighted by Gasteiger charge is 2.04. The fourth-order valence-electron chi connectivity index (χ4n) is 1.74. The normalized spacial score (nSPS) is 10.1. The molecule has 4 nitrogen and oxygen atoms in total. The van der Waals surface area contributed by atoms with E-state index < -0.39 is 5.97 Å². The summed E-state index contributed by atoms with van der Waals surface area (Å²) in [5.74, 6) is -0.202. The van der Waals surface area contributed by atoms with Crippen LogP contribution >= 0.6 is 0 Å². The molecule has 0 spiro atoms. The van der Waals surface area contributed by atoms with Crippen LogP contribution < -0.4 is 4.74 Å². The van der Waals surface area contributed by atoms with Crippen LogP contribution in [0.15, 0.2) is 49.2 Å². The van der Waals surface area contributed by atoms with Gasteiger partial charge in [-0.25, -0.2) is 4.79 Å². The van der Waals surface area contributed by atoms with Crippen molar-refractivity contribution in [1.82, 2.24) is 0 Å². The predicted octanol–water partition coefficient (Wildman–Crippen LogP) is 3.08. The molecule has 0 unspecified atom stereocenters. The summed E-state index contributed by atoms with van der Waals surface area (Å²) in [5, 5.41) is 10.7. The fourth-order valence-corrected chi connectivity index (χ4v) is 1.74. The lowest BCUT2D eigenvalue weighted by Gasteiger charge is -2.07. The average Bonchev–Trinajstić information content (AvgIpc) is 2.43. The van der Waals surface area contributed by atoms with Crippen molar-refractivity contribution in [3.8, 4) is 5.75 Å². The maximum absolute atomic E-state index is 10.9. The van der Waals surface area contributed by atoms with Crippen molar-refractivity contribution in [3.63, 3.8) is 0 Å². The zero-order chi connectivity index (χ0) is 13.7. The first kappa shape index (κ1) is 13.0. The maximum atomic E-state index is 10.9. The second-order valence-electron chi connectivity index (χ2n) is 3.91. The summed E-state index contributed by atoms with van der Waals surface area (Å²) in [6, 6.07) is 10.5. The van der Waals surface area contributed by atoms with Crippen LogP contribution in [0.5, 0.6) is 5.75 Å². The topological polar surface area (TPSA) is 55.8 Å². The van der Waals surface area contributed by atoms with E-state index in [9.17, 15) is 4.79 Å². The van der Waals surface area contributed by atoms with Gasteiger partial charge >= 0.3 is 5.97 Å². The van der Waals surface area contributed by atoms with Gasteiger partial charge in [-0.2, -0.15) is 0 Å². The van der Waals surface area contributed by atoms with Gasteiger partial charge in [0.1, 0.15) is 19.0 Å². The molecule has 19 heavy (non-hydrogen) atoms. The molecule has 0 aliphatic carbocycles. The van der Waals surface area contributed by atoms with Crippen LogP contribution in [-0.2, 0) is 4.74 Å². The van der Waals surface area contributed by atoms with Gasteiger partial charge in [0.15, 0.2) is 0 Å². The fraction of sp³-hybridized carbons (Fsp3) is 0.133. The van der Waals surface area contributed by atoms with Gasteiger partial charge in [0, 0.05) is 0 Å². The predicted molar refractivity (Wildman–Crippen MR) is 72.6 cm³/mol. The number of hydrogen-bond donors (Lipinski definition) is 1. The van der Waals surface area contributed by atoms with Crippen molar-refractivity contribution in [1.29, 1.82) is 0 Å². The van der Waals surface area contributed by atoms with E-state index in [0.717, 1.165) is 16.5 Å². The van der Waals surface area contributed by atoms with Crippen molar-refractivity contribution in [2.45, 2.75) is 0 Å². The molecule has 1 N–H and O–H groups in total. The van der Waals surface area contributed by atoms with E-state index in [4.69, 9.17) is 14.6 Å². The van der Waals surface area contributed by atoms with E-state index in [-0.39, 0.29) is 5.56 Å². The van der Waals surface area contributed by atoms with Crippen LogP contribution in [0.25, 0.3) is 10.8 Å². The van der Waals surface area contributed by atoms with Gasteiger partial charge in [-0.1, -0.05) is 18.7 Å². The van der Waals surface area contributed by atoms with Crippen LogP contribution in [0.1, 0.15) is 10.4 Å². The Bertz CT molecular complexity index is 604. The highest BCUT2D eigenvalue weighted by Crippen LogP contribution is 2.22. The third-order valence-corrected chi connectivity index (χ3v) is 2.65. The molecule has 0 fully saturated rings. The van der Waals surface area contributed by atoms with E-state index in [0.29, 0.717) is 13.2 Å². The Balaban J connectivity index is 2.14. The number of ether oxygens (including phenoxy) is 2. The summed E-state index contributed by atoms with van der Waals surface area (Å²) in [4.78, 5) is 10.9. The monoisotopic (exact) mass is 258 g/mol. The molecule has 0 radical (unpaired) electrons. The van der Waals surface area contributed by atoms with Crippen molar-refractivity contribution in [2.75, 3.05) is 13.2 Å². The molecule has 2 aromatic rings. The SMILES string of the molecule is C=COCCOc1ccc2cc(C(=O)O)ccc2c1. The minimum atomic E-state index is -0.927. The molecule has 0 aromatic heterocycles. The summed E-state index contributed by atoms with van der Waals surface area (Å²) in [7, 11) is 0. The molecule has 0 bridgehead atoms. The summed E-state index contributed by atoms with van der Waals surface area (Å²) < 4.78 is 10.5. The van der Waals surface area contributed by atoms with Crippen molar-refractivity contribution >= 4 is 16.7 Å². The quantitative estimate of drug-likeness (QED) is 0.639. The molecule has 0 saturated carbocycles. The number of carbonyl (C=O) groups is 1. The number of fused-ring (bicyclic) bond motifs is 1. The summed E-state index contributed by atoms with van der Waals surface area (Å²) >= 11 is 0. The lowest BCUT2D eigenvalue weighted by atomic mass is 10.1. The minimum Gasteiger partial charge on any atom is -0.498 e. The Morgan fingerprint density at radius 3 is 2.63 bits per heavy atom. The second-order valence-corrected chi connectivity index (χ2v) is 3.91. The first-order valence-electron chi connectivity index (χ1n) is 5.83. The van der Waals surface area contributed by atoms with E-state index >= 15 is 0 Å². The first-order valence-corrected chi connectivity index (χ1v) is 5.83. The van der Waals surface area contributed by atoms with Crippen LogP contribution in [0, 0.1) is 0 Å². The molecule has 0 heterocycles. The van der Waals surface area contributed by atoms with E-state index in [1.807, 2.05) is 18.2 Å². The average molecular weight is 258 g/mol. The Morgan fingerprint density at radius 1 is 1.16 bits per heavy atom. The molecule has 2 rings (SSSR count). The number of carboxylic acid groups (broad SMARTS) is 1. The Hall–Kier alpha value is -2.49. The van der Waals surface area contributed by atoms with Gasteiger partial charge in [0.05, 0.1) is 11.8 Å². The molecule has 0 saturated heterocycles. The Morgan fingerprint density at radius 2 is 1.89 bits per heavy atom.